The van der Waals surface area contributed by atoms with Gasteiger partial charge in [-0.25, -0.2) is 0 Å². The molecule has 0 spiro atoms. The first-order chi connectivity index (χ1) is 8.63. The Bertz CT molecular complexity index is 443. The minimum absolute atomic E-state index is 0.279. The van der Waals surface area contributed by atoms with Gasteiger partial charge in [0, 0.05) is 11.1 Å². The van der Waals surface area contributed by atoms with Gasteiger partial charge in [-0.2, -0.15) is 0 Å². The number of aliphatic imine (C=N–C) groups is 1. The van der Waals surface area contributed by atoms with E-state index >= 15 is 0 Å². The van der Waals surface area contributed by atoms with E-state index in [-0.39, 0.29) is 12.2 Å². The van der Waals surface area contributed by atoms with Gasteiger partial charge in [0.15, 0.2) is 0 Å². The van der Waals surface area contributed by atoms with Crippen molar-refractivity contribution in [1.82, 2.24) is 0 Å². The topological polar surface area (TPSA) is 93.3 Å². The summed E-state index contributed by atoms with van der Waals surface area (Å²) in [6, 6.07) is 3.11. The zero-order chi connectivity index (χ0) is 13.1. The fourth-order valence-corrected chi connectivity index (χ4v) is 2.42. The van der Waals surface area contributed by atoms with Gasteiger partial charge in [0.2, 0.25) is 0 Å². The predicted octanol–water partition coefficient (Wildman–Crippen LogP) is -0.449. The molecule has 0 saturated heterocycles. The molecule has 1 unspecified atom stereocenters. The molecule has 1 aliphatic carbocycles. The third-order valence-corrected chi connectivity index (χ3v) is 3.69. The first-order valence-corrected chi connectivity index (χ1v) is 6.43. The lowest BCUT2D eigenvalue weighted by molar-refractivity contribution is -0.0592. The number of nitrogens with zero attached hydrogens (tertiary/aromatic N) is 1. The molecular formula is C12H15NO4S. The highest BCUT2D eigenvalue weighted by Gasteiger charge is 2.36. The van der Waals surface area contributed by atoms with Crippen molar-refractivity contribution in [2.75, 3.05) is 6.61 Å². The largest absolute Gasteiger partial charge is 0.392 e. The SMILES string of the molecule is OCC1=C[C@H](N=Cc2cccs2)[C@H](O)C(O)[C@@H]1O. The molecule has 5 nitrogen and oxygen atoms in total. The molecule has 1 aliphatic rings. The fourth-order valence-electron chi connectivity index (χ4n) is 1.83. The van der Waals surface area contributed by atoms with Gasteiger partial charge in [-0.3, -0.25) is 4.99 Å². The van der Waals surface area contributed by atoms with Crippen LogP contribution in [0.4, 0.5) is 0 Å². The fraction of sp³-hybridized carbons (Fsp3) is 0.417. The van der Waals surface area contributed by atoms with E-state index in [0.717, 1.165) is 4.88 Å². The van der Waals surface area contributed by atoms with Crippen LogP contribution in [0.15, 0.2) is 34.2 Å². The molecule has 0 radical (unpaired) electrons. The highest BCUT2D eigenvalue weighted by atomic mass is 32.1. The maximum Gasteiger partial charge on any atom is 0.112 e. The van der Waals surface area contributed by atoms with Crippen molar-refractivity contribution in [1.29, 1.82) is 0 Å². The van der Waals surface area contributed by atoms with Gasteiger partial charge in [-0.1, -0.05) is 12.1 Å². The number of aliphatic hydroxyl groups excluding tert-OH is 4. The Hall–Kier alpha value is -1.05. The molecule has 98 valence electrons. The molecule has 1 aromatic heterocycles. The lowest BCUT2D eigenvalue weighted by atomic mass is 9.88. The summed E-state index contributed by atoms with van der Waals surface area (Å²) >= 11 is 1.51. The van der Waals surface area contributed by atoms with E-state index in [1.807, 2.05) is 17.5 Å². The van der Waals surface area contributed by atoms with Crippen molar-refractivity contribution in [3.8, 4) is 0 Å². The Balaban J connectivity index is 2.18. The molecule has 0 amide bonds. The second-order valence-electron chi connectivity index (χ2n) is 4.11. The van der Waals surface area contributed by atoms with Crippen molar-refractivity contribution in [2.24, 2.45) is 4.99 Å². The zero-order valence-corrected chi connectivity index (χ0v) is 10.4. The second kappa shape index (κ2) is 5.73. The van der Waals surface area contributed by atoms with Crippen LogP contribution in [0.3, 0.4) is 0 Å². The van der Waals surface area contributed by atoms with Gasteiger partial charge in [0.05, 0.1) is 12.6 Å². The average Bonchev–Trinajstić information content (AvgIpc) is 2.88. The quantitative estimate of drug-likeness (QED) is 0.442. The summed E-state index contributed by atoms with van der Waals surface area (Å²) in [6.45, 7) is -0.365. The van der Waals surface area contributed by atoms with E-state index in [1.165, 1.54) is 17.4 Å². The number of aliphatic hydroxyl groups is 4. The highest BCUT2D eigenvalue weighted by molar-refractivity contribution is 7.11. The summed E-state index contributed by atoms with van der Waals surface area (Å²) in [5.41, 5.74) is 0.279. The number of thiophene rings is 1. The van der Waals surface area contributed by atoms with Crippen molar-refractivity contribution in [3.05, 3.63) is 34.0 Å². The van der Waals surface area contributed by atoms with E-state index < -0.39 is 24.4 Å². The third-order valence-electron chi connectivity index (χ3n) is 2.89. The van der Waals surface area contributed by atoms with Crippen LogP contribution in [0.1, 0.15) is 4.88 Å². The van der Waals surface area contributed by atoms with Crippen molar-refractivity contribution >= 4 is 17.6 Å². The molecule has 1 heterocycles. The predicted molar refractivity (Wildman–Crippen MR) is 68.9 cm³/mol. The highest BCUT2D eigenvalue weighted by Crippen LogP contribution is 2.22. The van der Waals surface area contributed by atoms with Gasteiger partial charge in [-0.05, 0) is 17.0 Å². The van der Waals surface area contributed by atoms with Gasteiger partial charge in [0.25, 0.3) is 0 Å². The van der Waals surface area contributed by atoms with E-state index in [0.29, 0.717) is 0 Å². The molecule has 18 heavy (non-hydrogen) atoms. The maximum absolute atomic E-state index is 9.80. The standard InChI is InChI=1S/C12H15NO4S/c14-6-7-4-9(11(16)12(17)10(7)15)13-5-8-2-1-3-18-8/h1-5,9-12,14-17H,6H2/t9-,10+,11-,12?/m0/s1. The molecule has 0 aliphatic heterocycles. The normalized spacial score (nSPS) is 32.8. The summed E-state index contributed by atoms with van der Waals surface area (Å²) in [5, 5.41) is 40.0. The summed E-state index contributed by atoms with van der Waals surface area (Å²) in [4.78, 5) is 5.10. The number of hydrogen-bond donors (Lipinski definition) is 4. The molecule has 6 heteroatoms. The van der Waals surface area contributed by atoms with Crippen LogP contribution in [-0.2, 0) is 0 Å². The minimum Gasteiger partial charge on any atom is -0.392 e. The van der Waals surface area contributed by atoms with Crippen LogP contribution in [0, 0.1) is 0 Å². The van der Waals surface area contributed by atoms with Gasteiger partial charge >= 0.3 is 0 Å². The zero-order valence-electron chi connectivity index (χ0n) is 9.55. The average molecular weight is 269 g/mol. The molecule has 0 saturated carbocycles. The molecule has 0 fully saturated rings. The Morgan fingerprint density at radius 1 is 1.28 bits per heavy atom. The van der Waals surface area contributed by atoms with Gasteiger partial charge in [-0.15, -0.1) is 11.3 Å². The van der Waals surface area contributed by atoms with Crippen LogP contribution < -0.4 is 0 Å². The summed E-state index contributed by atoms with van der Waals surface area (Å²) < 4.78 is 0. The van der Waals surface area contributed by atoms with E-state index in [9.17, 15) is 15.3 Å². The molecular weight excluding hydrogens is 254 g/mol. The van der Waals surface area contributed by atoms with Crippen molar-refractivity contribution in [2.45, 2.75) is 24.4 Å². The second-order valence-corrected chi connectivity index (χ2v) is 5.09. The Morgan fingerprint density at radius 3 is 2.67 bits per heavy atom. The number of rotatable bonds is 3. The maximum atomic E-state index is 9.80. The number of hydrogen-bond acceptors (Lipinski definition) is 6. The first kappa shape index (κ1) is 13.4. The van der Waals surface area contributed by atoms with Crippen LogP contribution in [0.5, 0.6) is 0 Å². The molecule has 0 bridgehead atoms. The van der Waals surface area contributed by atoms with Crippen LogP contribution >= 0.6 is 11.3 Å². The molecule has 4 atom stereocenters. The van der Waals surface area contributed by atoms with Crippen molar-refractivity contribution < 1.29 is 20.4 Å². The van der Waals surface area contributed by atoms with Crippen LogP contribution in [-0.4, -0.2) is 57.6 Å². The van der Waals surface area contributed by atoms with E-state index in [1.54, 1.807) is 6.21 Å². The monoisotopic (exact) mass is 269 g/mol. The third kappa shape index (κ3) is 2.68. The Labute approximate surface area is 108 Å². The summed E-state index contributed by atoms with van der Waals surface area (Å²) in [5.74, 6) is 0. The Morgan fingerprint density at radius 2 is 2.06 bits per heavy atom. The van der Waals surface area contributed by atoms with Crippen LogP contribution in [0.25, 0.3) is 0 Å². The van der Waals surface area contributed by atoms with E-state index in [4.69, 9.17) is 5.11 Å². The smallest absolute Gasteiger partial charge is 0.112 e. The summed E-state index contributed by atoms with van der Waals surface area (Å²) in [7, 11) is 0. The molecule has 4 N–H and O–H groups in total. The molecule has 0 aromatic carbocycles. The minimum atomic E-state index is -1.33. The lowest BCUT2D eigenvalue weighted by Crippen LogP contribution is -2.48. The molecule has 1 aromatic rings. The van der Waals surface area contributed by atoms with Gasteiger partial charge in [0.1, 0.15) is 18.3 Å². The van der Waals surface area contributed by atoms with Gasteiger partial charge < -0.3 is 20.4 Å². The van der Waals surface area contributed by atoms with Crippen molar-refractivity contribution in [3.63, 3.8) is 0 Å². The first-order valence-electron chi connectivity index (χ1n) is 5.56. The van der Waals surface area contributed by atoms with Crippen LogP contribution in [0.2, 0.25) is 0 Å². The summed E-state index contributed by atoms with van der Waals surface area (Å²) in [6.07, 6.45) is -0.645. The van der Waals surface area contributed by atoms with E-state index in [2.05, 4.69) is 4.99 Å². The molecule has 2 rings (SSSR count). The lowest BCUT2D eigenvalue weighted by Gasteiger charge is -2.32. The Kier molecular flexibility index (Phi) is 4.26.